The number of nitrogens with one attached hydrogen (secondary N) is 1. The Balaban J connectivity index is 1.50. The highest BCUT2D eigenvalue weighted by molar-refractivity contribution is 7.89. The summed E-state index contributed by atoms with van der Waals surface area (Å²) in [6.07, 6.45) is 0. The SMILES string of the molecule is Cc1ccc2oc(C(=O)Nc3ccc(S(=O)(=O)N(C)Cc4ccccc4)cc3)c(C)c2c1. The van der Waals surface area contributed by atoms with Gasteiger partial charge in [-0.15, -0.1) is 0 Å². The van der Waals surface area contributed by atoms with Crippen LogP contribution in [0.15, 0.2) is 82.1 Å². The lowest BCUT2D eigenvalue weighted by atomic mass is 10.1. The van der Waals surface area contributed by atoms with Gasteiger partial charge in [-0.05, 0) is 55.8 Å². The summed E-state index contributed by atoms with van der Waals surface area (Å²) in [6.45, 7) is 4.10. The molecule has 0 saturated carbocycles. The number of hydrogen-bond acceptors (Lipinski definition) is 4. The van der Waals surface area contributed by atoms with Crippen LogP contribution in [0.25, 0.3) is 11.0 Å². The van der Waals surface area contributed by atoms with Crippen molar-refractivity contribution >= 4 is 32.6 Å². The minimum atomic E-state index is -3.66. The Morgan fingerprint density at radius 1 is 0.969 bits per heavy atom. The largest absolute Gasteiger partial charge is 0.451 e. The van der Waals surface area contributed by atoms with Crippen LogP contribution in [0.1, 0.15) is 27.2 Å². The van der Waals surface area contributed by atoms with Crippen LogP contribution in [0.4, 0.5) is 5.69 Å². The van der Waals surface area contributed by atoms with Crippen molar-refractivity contribution in [3.63, 3.8) is 0 Å². The summed E-state index contributed by atoms with van der Waals surface area (Å²) in [6, 6.07) is 21.3. The molecule has 1 heterocycles. The van der Waals surface area contributed by atoms with Crippen molar-refractivity contribution in [1.82, 2.24) is 4.31 Å². The Morgan fingerprint density at radius 2 is 1.66 bits per heavy atom. The molecule has 0 aliphatic carbocycles. The summed E-state index contributed by atoms with van der Waals surface area (Å²) in [4.78, 5) is 12.9. The van der Waals surface area contributed by atoms with Gasteiger partial charge in [-0.3, -0.25) is 4.79 Å². The molecule has 32 heavy (non-hydrogen) atoms. The molecule has 1 aromatic heterocycles. The summed E-state index contributed by atoms with van der Waals surface area (Å²) < 4.78 is 32.8. The average Bonchev–Trinajstić information content (AvgIpc) is 3.11. The van der Waals surface area contributed by atoms with Crippen LogP contribution in [0.3, 0.4) is 0 Å². The molecular weight excluding hydrogens is 424 g/mol. The summed E-state index contributed by atoms with van der Waals surface area (Å²) in [5.41, 5.74) is 3.89. The minimum absolute atomic E-state index is 0.157. The normalized spacial score (nSPS) is 11.8. The summed E-state index contributed by atoms with van der Waals surface area (Å²) in [5, 5.41) is 3.68. The molecule has 7 heteroatoms. The van der Waals surface area contributed by atoms with E-state index in [1.807, 2.05) is 62.4 Å². The average molecular weight is 449 g/mol. The van der Waals surface area contributed by atoms with Gasteiger partial charge in [0.2, 0.25) is 10.0 Å². The first kappa shape index (κ1) is 21.8. The van der Waals surface area contributed by atoms with Gasteiger partial charge in [0, 0.05) is 30.2 Å². The number of carbonyl (C=O) groups is 1. The fraction of sp³-hybridized carbons (Fsp3) is 0.160. The topological polar surface area (TPSA) is 79.6 Å². The first-order valence-corrected chi connectivity index (χ1v) is 11.6. The molecule has 164 valence electrons. The van der Waals surface area contributed by atoms with Crippen LogP contribution in [0.2, 0.25) is 0 Å². The number of fused-ring (bicyclic) bond motifs is 1. The zero-order valence-electron chi connectivity index (χ0n) is 18.1. The zero-order valence-corrected chi connectivity index (χ0v) is 18.9. The lowest BCUT2D eigenvalue weighted by Gasteiger charge is -2.17. The van der Waals surface area contributed by atoms with E-state index in [0.29, 0.717) is 11.3 Å². The molecule has 0 aliphatic rings. The Morgan fingerprint density at radius 3 is 2.34 bits per heavy atom. The maximum Gasteiger partial charge on any atom is 0.291 e. The van der Waals surface area contributed by atoms with Crippen LogP contribution in [0.5, 0.6) is 0 Å². The van der Waals surface area contributed by atoms with Gasteiger partial charge < -0.3 is 9.73 Å². The van der Waals surface area contributed by atoms with Gasteiger partial charge >= 0.3 is 0 Å². The van der Waals surface area contributed by atoms with Crippen LogP contribution in [-0.2, 0) is 16.6 Å². The van der Waals surface area contributed by atoms with Gasteiger partial charge in [0.05, 0.1) is 4.90 Å². The van der Waals surface area contributed by atoms with Crippen molar-refractivity contribution in [2.24, 2.45) is 0 Å². The molecule has 0 bridgehead atoms. The molecule has 0 unspecified atom stereocenters. The highest BCUT2D eigenvalue weighted by atomic mass is 32.2. The van der Waals surface area contributed by atoms with Gasteiger partial charge in [-0.1, -0.05) is 42.0 Å². The van der Waals surface area contributed by atoms with Crippen LogP contribution in [0, 0.1) is 13.8 Å². The second-order valence-corrected chi connectivity index (χ2v) is 9.83. The molecule has 1 amide bonds. The molecule has 4 aromatic rings. The van der Waals surface area contributed by atoms with Gasteiger partial charge in [0.25, 0.3) is 5.91 Å². The van der Waals surface area contributed by atoms with Crippen LogP contribution < -0.4 is 5.32 Å². The maximum absolute atomic E-state index is 12.9. The number of furan rings is 1. The molecule has 1 N–H and O–H groups in total. The molecular formula is C25H24N2O4S. The fourth-order valence-corrected chi connectivity index (χ4v) is 4.71. The van der Waals surface area contributed by atoms with Gasteiger partial charge in [-0.25, -0.2) is 8.42 Å². The molecule has 0 atom stereocenters. The van der Waals surface area contributed by atoms with Gasteiger partial charge in [0.15, 0.2) is 5.76 Å². The van der Waals surface area contributed by atoms with E-state index in [-0.39, 0.29) is 23.1 Å². The van der Waals surface area contributed by atoms with E-state index in [4.69, 9.17) is 4.42 Å². The second kappa shape index (κ2) is 8.61. The molecule has 0 radical (unpaired) electrons. The molecule has 0 spiro atoms. The van der Waals surface area contributed by atoms with E-state index < -0.39 is 10.0 Å². The van der Waals surface area contributed by atoms with Crippen molar-refractivity contribution in [3.05, 3.63) is 95.2 Å². The van der Waals surface area contributed by atoms with E-state index in [0.717, 1.165) is 22.1 Å². The van der Waals surface area contributed by atoms with E-state index in [9.17, 15) is 13.2 Å². The number of rotatable bonds is 6. The Kier molecular flexibility index (Phi) is 5.86. The quantitative estimate of drug-likeness (QED) is 0.444. The van der Waals surface area contributed by atoms with Crippen molar-refractivity contribution in [3.8, 4) is 0 Å². The highest BCUT2D eigenvalue weighted by Crippen LogP contribution is 2.27. The van der Waals surface area contributed by atoms with E-state index in [2.05, 4.69) is 5.32 Å². The Labute approximate surface area is 187 Å². The third kappa shape index (κ3) is 4.30. The fourth-order valence-electron chi connectivity index (χ4n) is 3.55. The predicted octanol–water partition coefficient (Wildman–Crippen LogP) is 5.12. The summed E-state index contributed by atoms with van der Waals surface area (Å²) in [5.74, 6) is -0.141. The molecule has 6 nitrogen and oxygen atoms in total. The monoisotopic (exact) mass is 448 g/mol. The van der Waals surface area contributed by atoms with E-state index in [1.165, 1.54) is 16.4 Å². The molecule has 3 aromatic carbocycles. The third-order valence-electron chi connectivity index (χ3n) is 5.37. The van der Waals surface area contributed by atoms with Crippen LogP contribution >= 0.6 is 0 Å². The zero-order chi connectivity index (χ0) is 22.9. The molecule has 0 saturated heterocycles. The molecule has 0 fully saturated rings. The highest BCUT2D eigenvalue weighted by Gasteiger charge is 2.22. The smallest absolute Gasteiger partial charge is 0.291 e. The number of anilines is 1. The lowest BCUT2D eigenvalue weighted by Crippen LogP contribution is -2.26. The first-order chi connectivity index (χ1) is 15.3. The van der Waals surface area contributed by atoms with Crippen molar-refractivity contribution in [2.45, 2.75) is 25.3 Å². The van der Waals surface area contributed by atoms with Gasteiger partial charge in [-0.2, -0.15) is 4.31 Å². The van der Waals surface area contributed by atoms with Gasteiger partial charge in [0.1, 0.15) is 5.58 Å². The van der Waals surface area contributed by atoms with Crippen LogP contribution in [-0.4, -0.2) is 25.7 Å². The Hall–Kier alpha value is -3.42. The number of sulfonamides is 1. The molecule has 4 rings (SSSR count). The number of nitrogens with zero attached hydrogens (tertiary/aromatic N) is 1. The predicted molar refractivity (Wildman–Crippen MR) is 125 cm³/mol. The first-order valence-electron chi connectivity index (χ1n) is 10.2. The number of benzene rings is 3. The van der Waals surface area contributed by atoms with E-state index >= 15 is 0 Å². The maximum atomic E-state index is 12.9. The lowest BCUT2D eigenvalue weighted by molar-refractivity contribution is 0.0998. The van der Waals surface area contributed by atoms with Crippen molar-refractivity contribution < 1.29 is 17.6 Å². The van der Waals surface area contributed by atoms with Crippen molar-refractivity contribution in [1.29, 1.82) is 0 Å². The summed E-state index contributed by atoms with van der Waals surface area (Å²) >= 11 is 0. The standard InChI is InChI=1S/C25H24N2O4S/c1-17-9-14-23-22(15-17)18(2)24(31-23)25(28)26-20-10-12-21(13-11-20)32(29,30)27(3)16-19-7-5-4-6-8-19/h4-15H,16H2,1-3H3,(H,26,28). The number of aryl methyl sites for hydroxylation is 2. The molecule has 0 aliphatic heterocycles. The second-order valence-electron chi connectivity index (χ2n) is 7.78. The van der Waals surface area contributed by atoms with Crippen molar-refractivity contribution in [2.75, 3.05) is 12.4 Å². The minimum Gasteiger partial charge on any atom is -0.451 e. The summed E-state index contributed by atoms with van der Waals surface area (Å²) in [7, 11) is -2.11. The van der Waals surface area contributed by atoms with E-state index in [1.54, 1.807) is 19.2 Å². The number of carbonyl (C=O) groups excluding carboxylic acids is 1. The number of hydrogen-bond donors (Lipinski definition) is 1. The third-order valence-corrected chi connectivity index (χ3v) is 7.18. The number of amides is 1. The Bertz CT molecular complexity index is 1370.